The molecule has 1 fully saturated rings. The van der Waals surface area contributed by atoms with Crippen molar-refractivity contribution in [3.05, 3.63) is 52.1 Å². The molecule has 0 spiro atoms. The lowest BCUT2D eigenvalue weighted by atomic mass is 10.2. The van der Waals surface area contributed by atoms with Crippen LogP contribution in [0.15, 0.2) is 36.5 Å². The van der Waals surface area contributed by atoms with E-state index in [2.05, 4.69) is 4.98 Å². The van der Waals surface area contributed by atoms with Crippen LogP contribution in [0, 0.1) is 0 Å². The van der Waals surface area contributed by atoms with Crippen LogP contribution in [-0.4, -0.2) is 34.9 Å². The van der Waals surface area contributed by atoms with Crippen molar-refractivity contribution in [2.75, 3.05) is 13.1 Å². The van der Waals surface area contributed by atoms with Crippen LogP contribution in [0.1, 0.15) is 16.8 Å². The molecule has 2 N–H and O–H groups in total. The topological polar surface area (TPSA) is 68.5 Å². The Morgan fingerprint density at radius 3 is 2.78 bits per heavy atom. The van der Waals surface area contributed by atoms with Gasteiger partial charge in [-0.05, 0) is 24.6 Å². The summed E-state index contributed by atoms with van der Waals surface area (Å²) in [6.45, 7) is 1.26. The molecule has 0 bridgehead atoms. The van der Waals surface area contributed by atoms with E-state index >= 15 is 0 Å². The molecule has 1 amide bonds. The third kappa shape index (κ3) is 3.58. The summed E-state index contributed by atoms with van der Waals surface area (Å²) in [5.41, 5.74) is 6.33. The Morgan fingerprint density at radius 1 is 1.30 bits per heavy atom. The molecule has 120 valence electrons. The number of pyridine rings is 1. The zero-order chi connectivity index (χ0) is 16.4. The van der Waals surface area contributed by atoms with E-state index in [1.165, 1.54) is 6.20 Å². The van der Waals surface area contributed by atoms with Crippen LogP contribution in [0.25, 0.3) is 0 Å². The Kier molecular flexibility index (Phi) is 4.71. The summed E-state index contributed by atoms with van der Waals surface area (Å²) in [5.74, 6) is 0.679. The quantitative estimate of drug-likeness (QED) is 0.920. The van der Waals surface area contributed by atoms with Crippen LogP contribution in [0.4, 0.5) is 0 Å². The molecule has 2 aromatic rings. The Labute approximate surface area is 144 Å². The van der Waals surface area contributed by atoms with Gasteiger partial charge in [0.1, 0.15) is 10.8 Å². The molecule has 3 rings (SSSR count). The highest BCUT2D eigenvalue weighted by Gasteiger charge is 2.24. The first kappa shape index (κ1) is 16.1. The summed E-state index contributed by atoms with van der Waals surface area (Å²) in [6.07, 6.45) is 2.31. The fourth-order valence-corrected chi connectivity index (χ4v) is 2.73. The van der Waals surface area contributed by atoms with Crippen molar-refractivity contribution >= 4 is 29.1 Å². The molecule has 1 atom stereocenters. The van der Waals surface area contributed by atoms with E-state index in [4.69, 9.17) is 33.7 Å². The van der Waals surface area contributed by atoms with E-state index < -0.39 is 0 Å². The van der Waals surface area contributed by atoms with Gasteiger partial charge in [-0.3, -0.25) is 4.79 Å². The van der Waals surface area contributed by atoms with Crippen LogP contribution in [0.2, 0.25) is 10.0 Å². The van der Waals surface area contributed by atoms with E-state index in [1.54, 1.807) is 35.2 Å². The number of nitrogens with two attached hydrogens (primary N) is 1. The molecular formula is C16H15Cl2N3O2. The third-order valence-corrected chi connectivity index (χ3v) is 4.43. The Bertz CT molecular complexity index is 722. The average Bonchev–Trinajstić information content (AvgIpc) is 2.98. The number of carbonyl (C=O) groups excluding carboxylic acids is 1. The van der Waals surface area contributed by atoms with Crippen molar-refractivity contribution in [2.45, 2.75) is 12.5 Å². The monoisotopic (exact) mass is 351 g/mol. The molecular weight excluding hydrogens is 337 g/mol. The Morgan fingerprint density at radius 2 is 2.13 bits per heavy atom. The minimum Gasteiger partial charge on any atom is -0.437 e. The second-order valence-electron chi connectivity index (χ2n) is 5.34. The number of benzene rings is 1. The van der Waals surface area contributed by atoms with Crippen molar-refractivity contribution in [1.82, 2.24) is 9.88 Å². The maximum atomic E-state index is 12.3. The van der Waals surface area contributed by atoms with Gasteiger partial charge in [-0.1, -0.05) is 29.3 Å². The van der Waals surface area contributed by atoms with Crippen LogP contribution >= 0.6 is 23.2 Å². The standard InChI is InChI=1S/C16H15Cl2N3O2/c17-12-2-1-3-13(15(12)18)23-14-5-4-10(8-20-14)16(22)21-7-6-11(19)9-21/h1-5,8,11H,6-7,9,19H2/t11-/m1/s1. The van der Waals surface area contributed by atoms with Crippen molar-refractivity contribution in [3.63, 3.8) is 0 Å². The van der Waals surface area contributed by atoms with Crippen molar-refractivity contribution in [1.29, 1.82) is 0 Å². The minimum absolute atomic E-state index is 0.0551. The summed E-state index contributed by atoms with van der Waals surface area (Å²) in [5, 5.41) is 0.725. The van der Waals surface area contributed by atoms with Gasteiger partial charge in [-0.15, -0.1) is 0 Å². The van der Waals surface area contributed by atoms with Crippen LogP contribution < -0.4 is 10.5 Å². The van der Waals surface area contributed by atoms with Gasteiger partial charge in [0.25, 0.3) is 5.91 Å². The van der Waals surface area contributed by atoms with Crippen molar-refractivity contribution in [2.24, 2.45) is 5.73 Å². The minimum atomic E-state index is -0.0715. The van der Waals surface area contributed by atoms with Gasteiger partial charge >= 0.3 is 0 Å². The highest BCUT2D eigenvalue weighted by atomic mass is 35.5. The zero-order valence-electron chi connectivity index (χ0n) is 12.2. The van der Waals surface area contributed by atoms with Gasteiger partial charge in [-0.25, -0.2) is 4.98 Å². The van der Waals surface area contributed by atoms with Crippen LogP contribution in [-0.2, 0) is 0 Å². The highest BCUT2D eigenvalue weighted by Crippen LogP contribution is 2.34. The molecule has 0 aliphatic carbocycles. The number of ether oxygens (including phenoxy) is 1. The van der Waals surface area contributed by atoms with Gasteiger partial charge in [0.05, 0.1) is 10.6 Å². The Balaban J connectivity index is 1.72. The van der Waals surface area contributed by atoms with Gasteiger partial charge < -0.3 is 15.4 Å². The molecule has 1 aliphatic rings. The molecule has 1 aliphatic heterocycles. The highest BCUT2D eigenvalue weighted by molar-refractivity contribution is 6.42. The number of halogens is 2. The predicted molar refractivity (Wildman–Crippen MR) is 89.3 cm³/mol. The third-order valence-electron chi connectivity index (χ3n) is 3.63. The fourth-order valence-electron chi connectivity index (χ4n) is 2.40. The van der Waals surface area contributed by atoms with E-state index in [1.807, 2.05) is 0 Å². The number of carbonyl (C=O) groups is 1. The Hall–Kier alpha value is -1.82. The first-order valence-corrected chi connectivity index (χ1v) is 7.93. The van der Waals surface area contributed by atoms with Gasteiger partial charge in [-0.2, -0.15) is 0 Å². The maximum Gasteiger partial charge on any atom is 0.255 e. The SMILES string of the molecule is N[C@@H]1CCN(C(=O)c2ccc(Oc3cccc(Cl)c3Cl)nc2)C1. The number of aromatic nitrogens is 1. The number of likely N-dealkylation sites (tertiary alicyclic amines) is 1. The summed E-state index contributed by atoms with van der Waals surface area (Å²) >= 11 is 12.0. The molecule has 23 heavy (non-hydrogen) atoms. The zero-order valence-corrected chi connectivity index (χ0v) is 13.7. The lowest BCUT2D eigenvalue weighted by Crippen LogP contribution is -2.31. The molecule has 2 heterocycles. The lowest BCUT2D eigenvalue weighted by Gasteiger charge is -2.15. The smallest absolute Gasteiger partial charge is 0.255 e. The largest absolute Gasteiger partial charge is 0.437 e. The number of hydrogen-bond donors (Lipinski definition) is 1. The molecule has 1 aromatic heterocycles. The first-order valence-electron chi connectivity index (χ1n) is 7.17. The summed E-state index contributed by atoms with van der Waals surface area (Å²) in [7, 11) is 0. The summed E-state index contributed by atoms with van der Waals surface area (Å²) < 4.78 is 5.59. The molecule has 1 aromatic carbocycles. The second-order valence-corrected chi connectivity index (χ2v) is 6.12. The van der Waals surface area contributed by atoms with Crippen molar-refractivity contribution < 1.29 is 9.53 Å². The number of hydrogen-bond acceptors (Lipinski definition) is 4. The number of rotatable bonds is 3. The van der Waals surface area contributed by atoms with Crippen LogP contribution in [0.3, 0.4) is 0 Å². The average molecular weight is 352 g/mol. The first-order chi connectivity index (χ1) is 11.0. The molecule has 1 saturated heterocycles. The molecule has 7 heteroatoms. The van der Waals surface area contributed by atoms with E-state index in [0.29, 0.717) is 40.3 Å². The fraction of sp³-hybridized carbons (Fsp3) is 0.250. The summed E-state index contributed by atoms with van der Waals surface area (Å²) in [4.78, 5) is 18.2. The maximum absolute atomic E-state index is 12.3. The van der Waals surface area contributed by atoms with E-state index in [0.717, 1.165) is 6.42 Å². The molecule has 5 nitrogen and oxygen atoms in total. The predicted octanol–water partition coefficient (Wildman–Crippen LogP) is 3.35. The van der Waals surface area contributed by atoms with E-state index in [9.17, 15) is 4.79 Å². The number of nitrogens with zero attached hydrogens (tertiary/aromatic N) is 2. The van der Waals surface area contributed by atoms with Crippen LogP contribution in [0.5, 0.6) is 11.6 Å². The normalized spacial score (nSPS) is 17.3. The van der Waals surface area contributed by atoms with Gasteiger partial charge in [0.2, 0.25) is 5.88 Å². The second kappa shape index (κ2) is 6.74. The van der Waals surface area contributed by atoms with Gasteiger partial charge in [0.15, 0.2) is 0 Å². The molecule has 0 radical (unpaired) electrons. The lowest BCUT2D eigenvalue weighted by molar-refractivity contribution is 0.0790. The summed E-state index contributed by atoms with van der Waals surface area (Å²) in [6, 6.07) is 8.46. The number of amides is 1. The molecule has 0 unspecified atom stereocenters. The van der Waals surface area contributed by atoms with Gasteiger partial charge in [0, 0.05) is 31.4 Å². The van der Waals surface area contributed by atoms with E-state index in [-0.39, 0.29) is 11.9 Å². The molecule has 0 saturated carbocycles. The van der Waals surface area contributed by atoms with Crippen molar-refractivity contribution in [3.8, 4) is 11.6 Å².